The maximum atomic E-state index is 4.24. The van der Waals surface area contributed by atoms with Crippen molar-refractivity contribution in [3.8, 4) is 0 Å². The van der Waals surface area contributed by atoms with E-state index in [2.05, 4.69) is 53.0 Å². The van der Waals surface area contributed by atoms with Crippen LogP contribution in [0.15, 0.2) is 36.8 Å². The Morgan fingerprint density at radius 1 is 1.35 bits per heavy atom. The van der Waals surface area contributed by atoms with Gasteiger partial charge in [-0.05, 0) is 43.7 Å². The highest BCUT2D eigenvalue weighted by Gasteiger charge is 2.32. The molecule has 1 saturated carbocycles. The van der Waals surface area contributed by atoms with E-state index in [0.29, 0.717) is 6.04 Å². The van der Waals surface area contributed by atoms with Crippen LogP contribution in [0.5, 0.6) is 0 Å². The van der Waals surface area contributed by atoms with Crippen LogP contribution in [0, 0.1) is 12.8 Å². The largest absolute Gasteiger partial charge is 0.334 e. The molecule has 1 atom stereocenters. The van der Waals surface area contributed by atoms with Gasteiger partial charge in [0.25, 0.3) is 0 Å². The van der Waals surface area contributed by atoms with E-state index in [-0.39, 0.29) is 0 Å². The highest BCUT2D eigenvalue weighted by molar-refractivity contribution is 5.30. The first kappa shape index (κ1) is 13.4. The Balaban J connectivity index is 1.74. The standard InChI is InChI=1S/C17H23N3/c1-3-20-12-18-10-15(20)11-19-17(14-8-9-14)16-7-5-4-6-13(16)2/h4-7,10,12,14,17,19H,3,8-9,11H2,1-2H3. The van der Waals surface area contributed by atoms with Crippen LogP contribution in [0.4, 0.5) is 0 Å². The quantitative estimate of drug-likeness (QED) is 0.870. The average Bonchev–Trinajstić information content (AvgIpc) is 3.19. The molecular formula is C17H23N3. The molecule has 0 bridgehead atoms. The molecule has 3 heteroatoms. The summed E-state index contributed by atoms with van der Waals surface area (Å²) in [6, 6.07) is 9.23. The zero-order valence-corrected chi connectivity index (χ0v) is 12.3. The second kappa shape index (κ2) is 5.80. The Hall–Kier alpha value is -1.61. The zero-order chi connectivity index (χ0) is 13.9. The molecule has 0 amide bonds. The van der Waals surface area contributed by atoms with E-state index in [4.69, 9.17) is 0 Å². The Morgan fingerprint density at radius 3 is 2.85 bits per heavy atom. The van der Waals surface area contributed by atoms with Crippen molar-refractivity contribution >= 4 is 0 Å². The van der Waals surface area contributed by atoms with Crippen LogP contribution in [-0.4, -0.2) is 9.55 Å². The van der Waals surface area contributed by atoms with Gasteiger partial charge in [0.2, 0.25) is 0 Å². The third-order valence-electron chi connectivity index (χ3n) is 4.26. The van der Waals surface area contributed by atoms with Crippen molar-refractivity contribution in [1.82, 2.24) is 14.9 Å². The van der Waals surface area contributed by atoms with Crippen LogP contribution in [0.2, 0.25) is 0 Å². The lowest BCUT2D eigenvalue weighted by molar-refractivity contribution is 0.467. The number of hydrogen-bond donors (Lipinski definition) is 1. The van der Waals surface area contributed by atoms with Crippen LogP contribution < -0.4 is 5.32 Å². The molecule has 3 nitrogen and oxygen atoms in total. The van der Waals surface area contributed by atoms with E-state index in [9.17, 15) is 0 Å². The summed E-state index contributed by atoms with van der Waals surface area (Å²) in [5.74, 6) is 0.800. The second-order valence-electron chi connectivity index (χ2n) is 5.72. The van der Waals surface area contributed by atoms with Gasteiger partial charge in [0.05, 0.1) is 12.0 Å². The molecule has 1 N–H and O–H groups in total. The Morgan fingerprint density at radius 2 is 2.15 bits per heavy atom. The van der Waals surface area contributed by atoms with Gasteiger partial charge in [0, 0.05) is 25.3 Å². The number of nitrogens with zero attached hydrogens (tertiary/aromatic N) is 2. The van der Waals surface area contributed by atoms with Gasteiger partial charge in [0.15, 0.2) is 0 Å². The first-order valence-electron chi connectivity index (χ1n) is 7.57. The lowest BCUT2D eigenvalue weighted by Crippen LogP contribution is -2.24. The topological polar surface area (TPSA) is 29.9 Å². The molecule has 0 aliphatic heterocycles. The van der Waals surface area contributed by atoms with Crippen LogP contribution in [0.25, 0.3) is 0 Å². The van der Waals surface area contributed by atoms with E-state index < -0.39 is 0 Å². The van der Waals surface area contributed by atoms with Crippen LogP contribution in [0.3, 0.4) is 0 Å². The van der Waals surface area contributed by atoms with E-state index in [1.807, 2.05) is 12.5 Å². The molecule has 1 fully saturated rings. The number of aromatic nitrogens is 2. The highest BCUT2D eigenvalue weighted by Crippen LogP contribution is 2.41. The first-order chi connectivity index (χ1) is 9.79. The van der Waals surface area contributed by atoms with Gasteiger partial charge in [-0.3, -0.25) is 0 Å². The molecule has 1 aromatic carbocycles. The summed E-state index contributed by atoms with van der Waals surface area (Å²) in [7, 11) is 0. The lowest BCUT2D eigenvalue weighted by atomic mass is 9.97. The van der Waals surface area contributed by atoms with Crippen molar-refractivity contribution in [2.45, 2.75) is 45.8 Å². The van der Waals surface area contributed by atoms with E-state index in [1.165, 1.54) is 29.7 Å². The van der Waals surface area contributed by atoms with Gasteiger partial charge in [-0.1, -0.05) is 24.3 Å². The van der Waals surface area contributed by atoms with Crippen molar-refractivity contribution in [3.63, 3.8) is 0 Å². The number of imidazole rings is 1. The van der Waals surface area contributed by atoms with Crippen LogP contribution >= 0.6 is 0 Å². The van der Waals surface area contributed by atoms with Crippen molar-refractivity contribution < 1.29 is 0 Å². The van der Waals surface area contributed by atoms with E-state index in [1.54, 1.807) is 0 Å². The fraction of sp³-hybridized carbons (Fsp3) is 0.471. The minimum Gasteiger partial charge on any atom is -0.334 e. The highest BCUT2D eigenvalue weighted by atomic mass is 15.1. The van der Waals surface area contributed by atoms with E-state index in [0.717, 1.165) is 19.0 Å². The molecule has 1 aromatic heterocycles. The molecule has 1 aliphatic carbocycles. The van der Waals surface area contributed by atoms with Gasteiger partial charge in [-0.15, -0.1) is 0 Å². The normalized spacial score (nSPS) is 16.3. The molecule has 1 aliphatic rings. The van der Waals surface area contributed by atoms with Gasteiger partial charge in [-0.25, -0.2) is 4.98 Å². The molecular weight excluding hydrogens is 246 g/mol. The minimum atomic E-state index is 0.483. The predicted octanol–water partition coefficient (Wildman–Crippen LogP) is 3.45. The average molecular weight is 269 g/mol. The molecule has 106 valence electrons. The third kappa shape index (κ3) is 2.78. The monoisotopic (exact) mass is 269 g/mol. The second-order valence-corrected chi connectivity index (χ2v) is 5.72. The Labute approximate surface area is 121 Å². The molecule has 0 saturated heterocycles. The van der Waals surface area contributed by atoms with E-state index >= 15 is 0 Å². The molecule has 1 unspecified atom stereocenters. The minimum absolute atomic E-state index is 0.483. The zero-order valence-electron chi connectivity index (χ0n) is 12.3. The first-order valence-corrected chi connectivity index (χ1v) is 7.57. The summed E-state index contributed by atoms with van der Waals surface area (Å²) in [5.41, 5.74) is 4.12. The summed E-state index contributed by atoms with van der Waals surface area (Å²) in [6.45, 7) is 6.24. The van der Waals surface area contributed by atoms with Crippen LogP contribution in [0.1, 0.15) is 42.6 Å². The number of hydrogen-bond acceptors (Lipinski definition) is 2. The summed E-state index contributed by atoms with van der Waals surface area (Å²) < 4.78 is 2.20. The summed E-state index contributed by atoms with van der Waals surface area (Å²) in [5, 5.41) is 3.76. The summed E-state index contributed by atoms with van der Waals surface area (Å²) >= 11 is 0. The fourth-order valence-corrected chi connectivity index (χ4v) is 2.89. The van der Waals surface area contributed by atoms with Gasteiger partial charge < -0.3 is 9.88 Å². The fourth-order valence-electron chi connectivity index (χ4n) is 2.89. The van der Waals surface area contributed by atoms with Gasteiger partial charge in [0.1, 0.15) is 0 Å². The van der Waals surface area contributed by atoms with Crippen LogP contribution in [-0.2, 0) is 13.1 Å². The van der Waals surface area contributed by atoms with Crippen molar-refractivity contribution in [2.24, 2.45) is 5.92 Å². The van der Waals surface area contributed by atoms with Crippen molar-refractivity contribution in [1.29, 1.82) is 0 Å². The smallest absolute Gasteiger partial charge is 0.0948 e. The van der Waals surface area contributed by atoms with Gasteiger partial charge in [-0.2, -0.15) is 0 Å². The lowest BCUT2D eigenvalue weighted by Gasteiger charge is -2.21. The number of benzene rings is 1. The van der Waals surface area contributed by atoms with Gasteiger partial charge >= 0.3 is 0 Å². The summed E-state index contributed by atoms with van der Waals surface area (Å²) in [4.78, 5) is 4.24. The SMILES string of the molecule is CCn1cncc1CNC(c1ccccc1C)C1CC1. The maximum Gasteiger partial charge on any atom is 0.0948 e. The molecule has 0 radical (unpaired) electrons. The predicted molar refractivity (Wildman–Crippen MR) is 81.4 cm³/mol. The number of rotatable bonds is 6. The maximum absolute atomic E-state index is 4.24. The molecule has 1 heterocycles. The number of aryl methyl sites for hydroxylation is 2. The molecule has 2 aromatic rings. The van der Waals surface area contributed by atoms with Crippen molar-refractivity contribution in [2.75, 3.05) is 0 Å². The van der Waals surface area contributed by atoms with Crippen molar-refractivity contribution in [3.05, 3.63) is 53.6 Å². The molecule has 0 spiro atoms. The molecule has 3 rings (SSSR count). The summed E-state index contributed by atoms with van der Waals surface area (Å²) in [6.07, 6.45) is 6.58. The number of nitrogens with one attached hydrogen (secondary N) is 1. The third-order valence-corrected chi connectivity index (χ3v) is 4.26. The Bertz CT molecular complexity index is 569. The Kier molecular flexibility index (Phi) is 3.88. The molecule has 20 heavy (non-hydrogen) atoms.